The maximum atomic E-state index is 14.0. The minimum Gasteiger partial charge on any atom is -0.310 e. The van der Waals surface area contributed by atoms with Crippen molar-refractivity contribution < 1.29 is 4.39 Å². The molecule has 0 aliphatic carbocycles. The molecule has 0 spiro atoms. The number of benzene rings is 1. The van der Waals surface area contributed by atoms with Crippen LogP contribution in [0.1, 0.15) is 30.5 Å². The van der Waals surface area contributed by atoms with Gasteiger partial charge >= 0.3 is 0 Å². The number of aryl methyl sites for hydroxylation is 2. The minimum absolute atomic E-state index is 0.0427. The van der Waals surface area contributed by atoms with Crippen LogP contribution in [0.15, 0.2) is 30.6 Å². The summed E-state index contributed by atoms with van der Waals surface area (Å²) in [6.07, 6.45) is 5.48. The van der Waals surface area contributed by atoms with Gasteiger partial charge in [-0.3, -0.25) is 4.68 Å². The molecule has 0 bridgehead atoms. The summed E-state index contributed by atoms with van der Waals surface area (Å²) >= 11 is 5.97. The molecule has 0 aliphatic rings. The summed E-state index contributed by atoms with van der Waals surface area (Å²) in [6.45, 7) is 2.79. The largest absolute Gasteiger partial charge is 0.310 e. The number of halogens is 2. The Morgan fingerprint density at radius 1 is 1.45 bits per heavy atom. The molecular weight excluding hydrogens is 277 g/mol. The van der Waals surface area contributed by atoms with E-state index in [1.807, 2.05) is 26.4 Å². The van der Waals surface area contributed by atoms with Gasteiger partial charge in [0, 0.05) is 29.9 Å². The van der Waals surface area contributed by atoms with Gasteiger partial charge in [0.15, 0.2) is 0 Å². The van der Waals surface area contributed by atoms with E-state index in [1.54, 1.807) is 16.8 Å². The Morgan fingerprint density at radius 3 is 2.90 bits per heavy atom. The van der Waals surface area contributed by atoms with Gasteiger partial charge in [-0.1, -0.05) is 18.5 Å². The van der Waals surface area contributed by atoms with E-state index >= 15 is 0 Å². The highest BCUT2D eigenvalue weighted by molar-refractivity contribution is 6.30. The van der Waals surface area contributed by atoms with Gasteiger partial charge in [-0.25, -0.2) is 4.39 Å². The quantitative estimate of drug-likeness (QED) is 0.884. The van der Waals surface area contributed by atoms with Crippen LogP contribution in [0.3, 0.4) is 0 Å². The summed E-state index contributed by atoms with van der Waals surface area (Å²) in [7, 11) is 1.89. The SMILES string of the molecule is CCNC(CCc1cnn(C)c1)c1cc(Cl)ccc1F. The van der Waals surface area contributed by atoms with Crippen LogP contribution in [0.2, 0.25) is 5.02 Å². The van der Waals surface area contributed by atoms with Gasteiger partial charge < -0.3 is 5.32 Å². The topological polar surface area (TPSA) is 29.9 Å². The van der Waals surface area contributed by atoms with E-state index < -0.39 is 0 Å². The van der Waals surface area contributed by atoms with Crippen molar-refractivity contribution in [3.8, 4) is 0 Å². The van der Waals surface area contributed by atoms with E-state index in [2.05, 4.69) is 10.4 Å². The fraction of sp³-hybridized carbons (Fsp3) is 0.400. The van der Waals surface area contributed by atoms with Crippen molar-refractivity contribution in [3.05, 3.63) is 52.6 Å². The third kappa shape index (κ3) is 3.81. The smallest absolute Gasteiger partial charge is 0.128 e. The molecule has 3 nitrogen and oxygen atoms in total. The zero-order chi connectivity index (χ0) is 14.5. The first-order chi connectivity index (χ1) is 9.60. The van der Waals surface area contributed by atoms with Crippen LogP contribution in [-0.2, 0) is 13.5 Å². The number of hydrogen-bond acceptors (Lipinski definition) is 2. The third-order valence-electron chi connectivity index (χ3n) is 3.26. The Bertz CT molecular complexity index is 568. The molecule has 1 N–H and O–H groups in total. The second kappa shape index (κ2) is 6.86. The van der Waals surface area contributed by atoms with Crippen LogP contribution in [0.5, 0.6) is 0 Å². The van der Waals surface area contributed by atoms with Gasteiger partial charge in [-0.05, 0) is 43.1 Å². The first-order valence-corrected chi connectivity index (χ1v) is 7.13. The fourth-order valence-corrected chi connectivity index (χ4v) is 2.49. The van der Waals surface area contributed by atoms with Crippen molar-refractivity contribution in [1.29, 1.82) is 0 Å². The van der Waals surface area contributed by atoms with Gasteiger partial charge in [0.05, 0.1) is 6.20 Å². The fourth-order valence-electron chi connectivity index (χ4n) is 2.31. The van der Waals surface area contributed by atoms with Crippen molar-refractivity contribution in [1.82, 2.24) is 15.1 Å². The first kappa shape index (κ1) is 15.0. The highest BCUT2D eigenvalue weighted by Crippen LogP contribution is 2.25. The van der Waals surface area contributed by atoms with E-state index in [1.165, 1.54) is 6.07 Å². The number of aromatic nitrogens is 2. The minimum atomic E-state index is -0.216. The van der Waals surface area contributed by atoms with E-state index in [0.29, 0.717) is 10.6 Å². The van der Waals surface area contributed by atoms with Crippen LogP contribution in [0, 0.1) is 5.82 Å². The van der Waals surface area contributed by atoms with E-state index in [9.17, 15) is 4.39 Å². The summed E-state index contributed by atoms with van der Waals surface area (Å²) in [5.41, 5.74) is 1.78. The molecule has 20 heavy (non-hydrogen) atoms. The van der Waals surface area contributed by atoms with E-state index in [-0.39, 0.29) is 11.9 Å². The molecule has 1 unspecified atom stereocenters. The molecule has 1 aromatic heterocycles. The second-order valence-electron chi connectivity index (χ2n) is 4.84. The van der Waals surface area contributed by atoms with Gasteiger partial charge in [-0.15, -0.1) is 0 Å². The monoisotopic (exact) mass is 295 g/mol. The molecule has 2 aromatic rings. The first-order valence-electron chi connectivity index (χ1n) is 6.76. The standard InChI is InChI=1S/C15H19ClFN3/c1-3-18-15(7-4-11-9-19-20(2)10-11)13-8-12(16)5-6-14(13)17/h5-6,8-10,15,18H,3-4,7H2,1-2H3. The van der Waals surface area contributed by atoms with Crippen molar-refractivity contribution in [2.45, 2.75) is 25.8 Å². The van der Waals surface area contributed by atoms with Crippen LogP contribution in [-0.4, -0.2) is 16.3 Å². The number of hydrogen-bond donors (Lipinski definition) is 1. The van der Waals surface area contributed by atoms with Crippen molar-refractivity contribution in [3.63, 3.8) is 0 Å². The van der Waals surface area contributed by atoms with Gasteiger partial charge in [0.2, 0.25) is 0 Å². The molecule has 0 fully saturated rings. The van der Waals surface area contributed by atoms with Crippen LogP contribution < -0.4 is 5.32 Å². The zero-order valence-electron chi connectivity index (χ0n) is 11.7. The maximum Gasteiger partial charge on any atom is 0.128 e. The molecule has 0 amide bonds. The lowest BCUT2D eigenvalue weighted by atomic mass is 9.99. The Balaban J connectivity index is 2.11. The molecule has 0 aliphatic heterocycles. The lowest BCUT2D eigenvalue weighted by Gasteiger charge is -2.19. The van der Waals surface area contributed by atoms with E-state index in [0.717, 1.165) is 24.9 Å². The van der Waals surface area contributed by atoms with Gasteiger partial charge in [0.25, 0.3) is 0 Å². The summed E-state index contributed by atoms with van der Waals surface area (Å²) in [4.78, 5) is 0. The Kier molecular flexibility index (Phi) is 5.15. The lowest BCUT2D eigenvalue weighted by molar-refractivity contribution is 0.485. The van der Waals surface area contributed by atoms with E-state index in [4.69, 9.17) is 11.6 Å². The molecular formula is C15H19ClFN3. The van der Waals surface area contributed by atoms with Crippen LogP contribution in [0.25, 0.3) is 0 Å². The van der Waals surface area contributed by atoms with Crippen molar-refractivity contribution >= 4 is 11.6 Å². The average Bonchev–Trinajstić information content (AvgIpc) is 2.83. The van der Waals surface area contributed by atoms with Crippen LogP contribution >= 0.6 is 11.6 Å². The van der Waals surface area contributed by atoms with Gasteiger partial charge in [0.1, 0.15) is 5.82 Å². The normalized spacial score (nSPS) is 12.6. The Labute approximate surface area is 123 Å². The third-order valence-corrected chi connectivity index (χ3v) is 3.50. The number of nitrogens with one attached hydrogen (secondary N) is 1. The van der Waals surface area contributed by atoms with Crippen molar-refractivity contribution in [2.75, 3.05) is 6.54 Å². The molecule has 1 heterocycles. The average molecular weight is 296 g/mol. The summed E-state index contributed by atoms with van der Waals surface area (Å²) in [5, 5.41) is 8.03. The summed E-state index contributed by atoms with van der Waals surface area (Å²) < 4.78 is 15.7. The Morgan fingerprint density at radius 2 is 2.25 bits per heavy atom. The molecule has 0 saturated heterocycles. The number of nitrogens with zero attached hydrogens (tertiary/aromatic N) is 2. The molecule has 0 saturated carbocycles. The second-order valence-corrected chi connectivity index (χ2v) is 5.27. The molecule has 1 aromatic carbocycles. The summed E-state index contributed by atoms with van der Waals surface area (Å²) in [6, 6.07) is 4.66. The lowest BCUT2D eigenvalue weighted by Crippen LogP contribution is -2.22. The predicted octanol–water partition coefficient (Wildman–Crippen LogP) is 3.50. The highest BCUT2D eigenvalue weighted by atomic mass is 35.5. The zero-order valence-corrected chi connectivity index (χ0v) is 12.5. The molecule has 5 heteroatoms. The Hall–Kier alpha value is -1.39. The molecule has 2 rings (SSSR count). The summed E-state index contributed by atoms with van der Waals surface area (Å²) in [5.74, 6) is -0.216. The van der Waals surface area contributed by atoms with Crippen molar-refractivity contribution in [2.24, 2.45) is 7.05 Å². The maximum absolute atomic E-state index is 14.0. The molecule has 108 valence electrons. The number of rotatable bonds is 6. The molecule has 1 atom stereocenters. The highest BCUT2D eigenvalue weighted by Gasteiger charge is 2.15. The van der Waals surface area contributed by atoms with Crippen LogP contribution in [0.4, 0.5) is 4.39 Å². The predicted molar refractivity (Wildman–Crippen MR) is 79.4 cm³/mol. The molecule has 0 radical (unpaired) electrons. The van der Waals surface area contributed by atoms with Gasteiger partial charge in [-0.2, -0.15) is 5.10 Å².